The zero-order chi connectivity index (χ0) is 13.9. The van der Waals surface area contributed by atoms with Crippen molar-refractivity contribution in [1.82, 2.24) is 0 Å². The monoisotopic (exact) mass is 268 g/mol. The van der Waals surface area contributed by atoms with Gasteiger partial charge in [0.1, 0.15) is 5.75 Å². The van der Waals surface area contributed by atoms with Crippen molar-refractivity contribution in [2.24, 2.45) is 0 Å². The Kier molecular flexibility index (Phi) is 3.50. The van der Waals surface area contributed by atoms with Crippen molar-refractivity contribution in [3.8, 4) is 5.75 Å². The van der Waals surface area contributed by atoms with Gasteiger partial charge in [0.15, 0.2) is 0 Å². The highest BCUT2D eigenvalue weighted by Gasteiger charge is 2.16. The molecule has 0 spiro atoms. The lowest BCUT2D eigenvalue weighted by atomic mass is 10.0. The summed E-state index contributed by atoms with van der Waals surface area (Å²) in [6.45, 7) is 2.03. The van der Waals surface area contributed by atoms with E-state index < -0.39 is 0 Å². The number of methoxy groups -OCH3 is 1. The molecule has 2 aromatic rings. The predicted molar refractivity (Wildman–Crippen MR) is 83.2 cm³/mol. The maximum absolute atomic E-state index is 5.88. The van der Waals surface area contributed by atoms with Crippen LogP contribution in [0.1, 0.15) is 17.5 Å². The largest absolute Gasteiger partial charge is 0.497 e. The number of benzene rings is 2. The van der Waals surface area contributed by atoms with Gasteiger partial charge in [0.05, 0.1) is 7.11 Å². The second-order valence-electron chi connectivity index (χ2n) is 5.26. The summed E-state index contributed by atoms with van der Waals surface area (Å²) >= 11 is 0. The third kappa shape index (κ3) is 2.57. The number of aryl methyl sites for hydroxylation is 1. The number of rotatable bonds is 3. The number of anilines is 2. The lowest BCUT2D eigenvalue weighted by molar-refractivity contribution is 0.414. The van der Waals surface area contributed by atoms with E-state index in [0.717, 1.165) is 30.9 Å². The number of hydrogen-bond acceptors (Lipinski definition) is 3. The van der Waals surface area contributed by atoms with Gasteiger partial charge in [-0.15, -0.1) is 0 Å². The fourth-order valence-electron chi connectivity index (χ4n) is 2.81. The number of ether oxygens (including phenoxy) is 1. The topological polar surface area (TPSA) is 38.5 Å². The molecule has 20 heavy (non-hydrogen) atoms. The van der Waals surface area contributed by atoms with Gasteiger partial charge >= 0.3 is 0 Å². The van der Waals surface area contributed by atoms with Crippen LogP contribution in [-0.2, 0) is 13.0 Å². The summed E-state index contributed by atoms with van der Waals surface area (Å²) in [5, 5.41) is 0. The highest BCUT2D eigenvalue weighted by atomic mass is 16.5. The average Bonchev–Trinajstić information content (AvgIpc) is 2.48. The fourth-order valence-corrected chi connectivity index (χ4v) is 2.81. The summed E-state index contributed by atoms with van der Waals surface area (Å²) in [4.78, 5) is 2.43. The summed E-state index contributed by atoms with van der Waals surface area (Å²) in [7, 11) is 1.69. The van der Waals surface area contributed by atoms with E-state index in [-0.39, 0.29) is 0 Å². The van der Waals surface area contributed by atoms with Gasteiger partial charge in [-0.05, 0) is 54.3 Å². The number of fused-ring (bicyclic) bond motifs is 1. The van der Waals surface area contributed by atoms with Crippen molar-refractivity contribution in [2.75, 3.05) is 24.3 Å². The molecule has 2 N–H and O–H groups in total. The molecule has 0 aromatic heterocycles. The van der Waals surface area contributed by atoms with Crippen LogP contribution in [-0.4, -0.2) is 13.7 Å². The maximum Gasteiger partial charge on any atom is 0.118 e. The molecule has 0 saturated carbocycles. The second-order valence-corrected chi connectivity index (χ2v) is 5.26. The van der Waals surface area contributed by atoms with Crippen molar-refractivity contribution in [1.29, 1.82) is 0 Å². The van der Waals surface area contributed by atoms with Crippen LogP contribution in [0.2, 0.25) is 0 Å². The minimum Gasteiger partial charge on any atom is -0.497 e. The molecule has 3 heteroatoms. The molecule has 0 saturated heterocycles. The normalized spacial score (nSPS) is 13.9. The summed E-state index contributed by atoms with van der Waals surface area (Å²) in [6, 6.07) is 14.5. The molecule has 0 aliphatic carbocycles. The Morgan fingerprint density at radius 2 is 1.95 bits per heavy atom. The van der Waals surface area contributed by atoms with E-state index in [9.17, 15) is 0 Å². The number of nitrogen functional groups attached to an aromatic ring is 1. The third-order valence-corrected chi connectivity index (χ3v) is 3.85. The first-order chi connectivity index (χ1) is 9.76. The maximum atomic E-state index is 5.88. The van der Waals surface area contributed by atoms with Crippen LogP contribution in [0.25, 0.3) is 0 Å². The summed E-state index contributed by atoms with van der Waals surface area (Å²) < 4.78 is 5.20. The third-order valence-electron chi connectivity index (χ3n) is 3.85. The molecule has 0 atom stereocenters. The van der Waals surface area contributed by atoms with Gasteiger partial charge in [0, 0.05) is 24.5 Å². The van der Waals surface area contributed by atoms with E-state index in [2.05, 4.69) is 29.2 Å². The fraction of sp³-hybridized carbons (Fsp3) is 0.294. The molecule has 1 heterocycles. The highest BCUT2D eigenvalue weighted by molar-refractivity contribution is 5.61. The molecule has 2 aromatic carbocycles. The Balaban J connectivity index is 1.81. The molecule has 3 nitrogen and oxygen atoms in total. The zero-order valence-electron chi connectivity index (χ0n) is 11.8. The molecule has 1 aliphatic heterocycles. The number of hydrogen-bond donors (Lipinski definition) is 1. The van der Waals surface area contributed by atoms with Crippen LogP contribution in [0.15, 0.2) is 42.5 Å². The van der Waals surface area contributed by atoms with E-state index in [1.165, 1.54) is 23.2 Å². The molecule has 0 unspecified atom stereocenters. The Morgan fingerprint density at radius 3 is 2.70 bits per heavy atom. The zero-order valence-corrected chi connectivity index (χ0v) is 11.8. The Labute approximate surface area is 120 Å². The lowest BCUT2D eigenvalue weighted by Gasteiger charge is -2.31. The number of nitrogens with zero attached hydrogens (tertiary/aromatic N) is 1. The molecule has 0 radical (unpaired) electrons. The molecule has 0 bridgehead atoms. The van der Waals surface area contributed by atoms with Crippen LogP contribution in [0.5, 0.6) is 5.75 Å². The van der Waals surface area contributed by atoms with E-state index in [0.29, 0.717) is 0 Å². The van der Waals surface area contributed by atoms with E-state index in [1.54, 1.807) is 7.11 Å². The van der Waals surface area contributed by atoms with Gasteiger partial charge in [-0.2, -0.15) is 0 Å². The SMILES string of the molecule is COc1ccc(CN2CCCc3cc(N)ccc32)cc1. The van der Waals surface area contributed by atoms with Crippen LogP contribution < -0.4 is 15.4 Å². The van der Waals surface area contributed by atoms with Crippen molar-refractivity contribution in [3.05, 3.63) is 53.6 Å². The smallest absolute Gasteiger partial charge is 0.118 e. The first kappa shape index (κ1) is 12.9. The van der Waals surface area contributed by atoms with Crippen LogP contribution in [0, 0.1) is 0 Å². The standard InChI is InChI=1S/C17H20N2O/c1-20-16-7-4-13(5-8-16)12-19-10-2-3-14-11-15(18)6-9-17(14)19/h4-9,11H,2-3,10,12,18H2,1H3. The molecule has 104 valence electrons. The Hall–Kier alpha value is -2.16. The van der Waals surface area contributed by atoms with Gasteiger partial charge in [-0.1, -0.05) is 12.1 Å². The van der Waals surface area contributed by atoms with Crippen molar-refractivity contribution in [3.63, 3.8) is 0 Å². The first-order valence-electron chi connectivity index (χ1n) is 7.02. The van der Waals surface area contributed by atoms with Gasteiger partial charge in [-0.3, -0.25) is 0 Å². The first-order valence-corrected chi connectivity index (χ1v) is 7.02. The van der Waals surface area contributed by atoms with Crippen LogP contribution >= 0.6 is 0 Å². The lowest BCUT2D eigenvalue weighted by Crippen LogP contribution is -2.28. The quantitative estimate of drug-likeness (QED) is 0.869. The summed E-state index contributed by atoms with van der Waals surface area (Å²) in [5.41, 5.74) is 10.7. The number of nitrogens with two attached hydrogens (primary N) is 1. The van der Waals surface area contributed by atoms with Gasteiger partial charge in [0.2, 0.25) is 0 Å². The van der Waals surface area contributed by atoms with E-state index in [1.807, 2.05) is 18.2 Å². The minimum absolute atomic E-state index is 0.857. The molecule has 0 fully saturated rings. The van der Waals surface area contributed by atoms with Crippen molar-refractivity contribution < 1.29 is 4.74 Å². The van der Waals surface area contributed by atoms with Crippen LogP contribution in [0.4, 0.5) is 11.4 Å². The highest BCUT2D eigenvalue weighted by Crippen LogP contribution is 2.30. The Bertz CT molecular complexity index is 592. The molecular weight excluding hydrogens is 248 g/mol. The van der Waals surface area contributed by atoms with Crippen molar-refractivity contribution in [2.45, 2.75) is 19.4 Å². The molecule has 1 aliphatic rings. The van der Waals surface area contributed by atoms with E-state index >= 15 is 0 Å². The minimum atomic E-state index is 0.857. The van der Waals surface area contributed by atoms with E-state index in [4.69, 9.17) is 10.5 Å². The van der Waals surface area contributed by atoms with Crippen molar-refractivity contribution >= 4 is 11.4 Å². The summed E-state index contributed by atoms with van der Waals surface area (Å²) in [5.74, 6) is 0.903. The molecule has 3 rings (SSSR count). The Morgan fingerprint density at radius 1 is 1.15 bits per heavy atom. The van der Waals surface area contributed by atoms with Gasteiger partial charge < -0.3 is 15.4 Å². The predicted octanol–water partition coefficient (Wildman–Crippen LogP) is 3.23. The average molecular weight is 268 g/mol. The van der Waals surface area contributed by atoms with Crippen LogP contribution in [0.3, 0.4) is 0 Å². The molecular formula is C17H20N2O. The second kappa shape index (κ2) is 5.45. The van der Waals surface area contributed by atoms with Gasteiger partial charge in [-0.25, -0.2) is 0 Å². The summed E-state index contributed by atoms with van der Waals surface area (Å²) in [6.07, 6.45) is 2.31. The van der Waals surface area contributed by atoms with Gasteiger partial charge in [0.25, 0.3) is 0 Å². The molecule has 0 amide bonds.